The molecule has 0 saturated carbocycles. The summed E-state index contributed by atoms with van der Waals surface area (Å²) < 4.78 is 13.9. The summed E-state index contributed by atoms with van der Waals surface area (Å²) in [7, 11) is 0. The standard InChI is InChI=1S/C18H16ClFN4O2/c19-15-2-1-3-16(20)14(15)12-22-6-8-23(9-7-22)17-5-4-13(11-21)10-18(17)24(25)26/h1-5,10H,6-9,12H2. The average Bonchev–Trinajstić information content (AvgIpc) is 2.65. The van der Waals surface area contributed by atoms with Crippen LogP contribution in [0.15, 0.2) is 36.4 Å². The molecule has 0 amide bonds. The van der Waals surface area contributed by atoms with E-state index in [1.807, 2.05) is 11.0 Å². The third kappa shape index (κ3) is 3.77. The number of hydrogen-bond donors (Lipinski definition) is 0. The number of nitro groups is 1. The molecule has 0 N–H and O–H groups in total. The summed E-state index contributed by atoms with van der Waals surface area (Å²) in [6, 6.07) is 11.0. The lowest BCUT2D eigenvalue weighted by molar-refractivity contribution is -0.384. The lowest BCUT2D eigenvalue weighted by Gasteiger charge is -2.36. The third-order valence-corrected chi connectivity index (χ3v) is 4.81. The number of halogens is 2. The van der Waals surface area contributed by atoms with Gasteiger partial charge in [0, 0.05) is 49.4 Å². The molecule has 2 aromatic rings. The Morgan fingerprint density at radius 3 is 2.58 bits per heavy atom. The van der Waals surface area contributed by atoms with Gasteiger partial charge >= 0.3 is 0 Å². The number of piperazine rings is 1. The van der Waals surface area contributed by atoms with Crippen LogP contribution >= 0.6 is 11.6 Å². The van der Waals surface area contributed by atoms with Gasteiger partial charge in [0.05, 0.1) is 16.6 Å². The quantitative estimate of drug-likeness (QED) is 0.604. The summed E-state index contributed by atoms with van der Waals surface area (Å²) in [5, 5.41) is 20.6. The highest BCUT2D eigenvalue weighted by molar-refractivity contribution is 6.31. The Morgan fingerprint density at radius 1 is 1.23 bits per heavy atom. The van der Waals surface area contributed by atoms with Gasteiger partial charge in [-0.1, -0.05) is 17.7 Å². The van der Waals surface area contributed by atoms with E-state index in [0.717, 1.165) is 0 Å². The van der Waals surface area contributed by atoms with E-state index >= 15 is 0 Å². The van der Waals surface area contributed by atoms with Gasteiger partial charge < -0.3 is 4.90 Å². The molecule has 8 heteroatoms. The van der Waals surface area contributed by atoms with Crippen LogP contribution in [0.2, 0.25) is 5.02 Å². The predicted octanol–water partition coefficient (Wildman–Crippen LogP) is 3.58. The summed E-state index contributed by atoms with van der Waals surface area (Å²) in [5.41, 5.74) is 1.15. The molecule has 0 bridgehead atoms. The van der Waals surface area contributed by atoms with Gasteiger partial charge in [0.15, 0.2) is 0 Å². The van der Waals surface area contributed by atoms with Crippen molar-refractivity contribution in [2.45, 2.75) is 6.54 Å². The first-order chi connectivity index (χ1) is 12.5. The van der Waals surface area contributed by atoms with Gasteiger partial charge in [-0.2, -0.15) is 5.26 Å². The van der Waals surface area contributed by atoms with Gasteiger partial charge in [0.1, 0.15) is 11.5 Å². The van der Waals surface area contributed by atoms with E-state index in [9.17, 15) is 14.5 Å². The number of nitro benzene ring substituents is 1. The van der Waals surface area contributed by atoms with E-state index in [0.29, 0.717) is 49.0 Å². The van der Waals surface area contributed by atoms with Crippen LogP contribution in [0.5, 0.6) is 0 Å². The molecular formula is C18H16ClFN4O2. The summed E-state index contributed by atoms with van der Waals surface area (Å²) in [6.45, 7) is 2.79. The summed E-state index contributed by atoms with van der Waals surface area (Å²) in [4.78, 5) is 14.8. The van der Waals surface area contributed by atoms with Crippen LogP contribution in [0.1, 0.15) is 11.1 Å². The van der Waals surface area contributed by atoms with Crippen molar-refractivity contribution in [1.29, 1.82) is 5.26 Å². The molecule has 0 aliphatic carbocycles. The highest BCUT2D eigenvalue weighted by Gasteiger charge is 2.25. The molecule has 1 aliphatic heterocycles. The van der Waals surface area contributed by atoms with Crippen LogP contribution in [-0.4, -0.2) is 36.0 Å². The zero-order valence-corrected chi connectivity index (χ0v) is 14.6. The second-order valence-corrected chi connectivity index (χ2v) is 6.44. The van der Waals surface area contributed by atoms with Crippen molar-refractivity contribution in [1.82, 2.24) is 4.90 Å². The predicted molar refractivity (Wildman–Crippen MR) is 96.7 cm³/mol. The molecule has 0 aromatic heterocycles. The maximum atomic E-state index is 13.9. The van der Waals surface area contributed by atoms with Gasteiger partial charge in [0.25, 0.3) is 5.69 Å². The normalized spacial score (nSPS) is 14.9. The lowest BCUT2D eigenvalue weighted by atomic mass is 10.1. The van der Waals surface area contributed by atoms with Gasteiger partial charge in [0.2, 0.25) is 0 Å². The van der Waals surface area contributed by atoms with Crippen LogP contribution in [0, 0.1) is 27.3 Å². The molecule has 0 radical (unpaired) electrons. The third-order valence-electron chi connectivity index (χ3n) is 4.46. The van der Waals surface area contributed by atoms with E-state index < -0.39 is 4.92 Å². The molecule has 3 rings (SSSR count). The smallest absolute Gasteiger partial charge is 0.293 e. The van der Waals surface area contributed by atoms with Crippen LogP contribution in [-0.2, 0) is 6.54 Å². The topological polar surface area (TPSA) is 73.4 Å². The number of benzene rings is 2. The molecule has 1 heterocycles. The number of rotatable bonds is 4. The molecule has 1 saturated heterocycles. The zero-order valence-electron chi connectivity index (χ0n) is 13.9. The van der Waals surface area contributed by atoms with Crippen LogP contribution in [0.4, 0.5) is 15.8 Å². The Kier molecular flexibility index (Phi) is 5.35. The monoisotopic (exact) mass is 374 g/mol. The molecule has 6 nitrogen and oxygen atoms in total. The van der Waals surface area contributed by atoms with E-state index in [4.69, 9.17) is 16.9 Å². The molecule has 26 heavy (non-hydrogen) atoms. The molecule has 134 valence electrons. The molecule has 0 spiro atoms. The van der Waals surface area contributed by atoms with E-state index in [1.54, 1.807) is 24.3 Å². The van der Waals surface area contributed by atoms with Crippen LogP contribution < -0.4 is 4.90 Å². The Hall–Kier alpha value is -2.69. The Morgan fingerprint density at radius 2 is 1.96 bits per heavy atom. The minimum Gasteiger partial charge on any atom is -0.363 e. The van der Waals surface area contributed by atoms with Crippen molar-refractivity contribution in [2.75, 3.05) is 31.1 Å². The van der Waals surface area contributed by atoms with Gasteiger partial charge in [-0.15, -0.1) is 0 Å². The van der Waals surface area contributed by atoms with E-state index in [2.05, 4.69) is 4.90 Å². The van der Waals surface area contributed by atoms with Crippen molar-refractivity contribution >= 4 is 23.0 Å². The molecule has 0 atom stereocenters. The first kappa shape index (κ1) is 18.1. The average molecular weight is 375 g/mol. The van der Waals surface area contributed by atoms with Crippen molar-refractivity contribution < 1.29 is 9.31 Å². The molecule has 2 aromatic carbocycles. The number of nitrogens with zero attached hydrogens (tertiary/aromatic N) is 4. The van der Waals surface area contributed by atoms with Crippen LogP contribution in [0.25, 0.3) is 0 Å². The summed E-state index contributed by atoms with van der Waals surface area (Å²) in [6.07, 6.45) is 0. The highest BCUT2D eigenvalue weighted by atomic mass is 35.5. The highest BCUT2D eigenvalue weighted by Crippen LogP contribution is 2.30. The number of nitriles is 1. The Bertz CT molecular complexity index is 856. The van der Waals surface area contributed by atoms with Gasteiger partial charge in [-0.05, 0) is 24.3 Å². The fraction of sp³-hybridized carbons (Fsp3) is 0.278. The molecular weight excluding hydrogens is 359 g/mol. The molecule has 0 unspecified atom stereocenters. The van der Waals surface area contributed by atoms with Crippen molar-refractivity contribution in [3.63, 3.8) is 0 Å². The van der Waals surface area contributed by atoms with E-state index in [-0.39, 0.29) is 17.1 Å². The maximum Gasteiger partial charge on any atom is 0.293 e. The van der Waals surface area contributed by atoms with Gasteiger partial charge in [-0.3, -0.25) is 15.0 Å². The van der Waals surface area contributed by atoms with Crippen molar-refractivity contribution in [3.05, 3.63) is 68.5 Å². The Balaban J connectivity index is 1.71. The maximum absolute atomic E-state index is 13.9. The fourth-order valence-electron chi connectivity index (χ4n) is 3.06. The zero-order chi connectivity index (χ0) is 18.7. The summed E-state index contributed by atoms with van der Waals surface area (Å²) in [5.74, 6) is -0.331. The Labute approximate surface area is 155 Å². The fourth-order valence-corrected chi connectivity index (χ4v) is 3.28. The minimum absolute atomic E-state index is 0.0744. The summed E-state index contributed by atoms with van der Waals surface area (Å²) >= 11 is 6.08. The molecule has 1 fully saturated rings. The first-order valence-corrected chi connectivity index (χ1v) is 8.46. The van der Waals surface area contributed by atoms with E-state index in [1.165, 1.54) is 12.1 Å². The second-order valence-electron chi connectivity index (χ2n) is 6.04. The molecule has 1 aliphatic rings. The first-order valence-electron chi connectivity index (χ1n) is 8.08. The SMILES string of the molecule is N#Cc1ccc(N2CCN(Cc3c(F)cccc3Cl)CC2)c([N+](=O)[O-])c1. The number of anilines is 1. The lowest BCUT2D eigenvalue weighted by Crippen LogP contribution is -2.46. The van der Waals surface area contributed by atoms with Crippen LogP contribution in [0.3, 0.4) is 0 Å². The van der Waals surface area contributed by atoms with Crippen molar-refractivity contribution in [2.24, 2.45) is 0 Å². The largest absolute Gasteiger partial charge is 0.363 e. The van der Waals surface area contributed by atoms with Gasteiger partial charge in [-0.25, -0.2) is 4.39 Å². The minimum atomic E-state index is -0.471. The second kappa shape index (κ2) is 7.68. The van der Waals surface area contributed by atoms with Crippen molar-refractivity contribution in [3.8, 4) is 6.07 Å². The number of hydrogen-bond acceptors (Lipinski definition) is 5.